The Morgan fingerprint density at radius 2 is 1.87 bits per heavy atom. The van der Waals surface area contributed by atoms with Crippen LogP contribution in [0.4, 0.5) is 8.78 Å². The number of nitrogens with zero attached hydrogens (tertiary/aromatic N) is 2. The molecule has 158 valence electrons. The highest BCUT2D eigenvalue weighted by Gasteiger charge is 2.42. The van der Waals surface area contributed by atoms with Crippen molar-refractivity contribution in [3.8, 4) is 0 Å². The molecule has 0 saturated carbocycles. The van der Waals surface area contributed by atoms with E-state index in [2.05, 4.69) is 10.3 Å². The van der Waals surface area contributed by atoms with Crippen LogP contribution in [-0.2, 0) is 27.3 Å². The van der Waals surface area contributed by atoms with E-state index in [0.29, 0.717) is 22.7 Å². The van der Waals surface area contributed by atoms with Crippen LogP contribution >= 0.6 is 11.8 Å². The number of pyridine rings is 1. The van der Waals surface area contributed by atoms with Crippen molar-refractivity contribution in [1.82, 2.24) is 15.2 Å². The summed E-state index contributed by atoms with van der Waals surface area (Å²) in [4.78, 5) is 43.8. The molecule has 1 N–H and O–H groups in total. The van der Waals surface area contributed by atoms with Gasteiger partial charge in [-0.1, -0.05) is 17.8 Å². The smallest absolute Gasteiger partial charge is 0.259 e. The highest BCUT2D eigenvalue weighted by atomic mass is 32.2. The number of Topliss-reactive ketones (excluding diaryl/α,β-unsaturated/α-hetero) is 1. The quantitative estimate of drug-likeness (QED) is 0.722. The SMILES string of the molecule is CC1=C2SC(C(=O)NCc3ccncc3)=CN2C(=O)C(Cc2ccc(F)c(F)c2)C1=O. The molecule has 1 atom stereocenters. The third kappa shape index (κ3) is 4.13. The zero-order valence-corrected chi connectivity index (χ0v) is 17.2. The first kappa shape index (κ1) is 20.9. The lowest BCUT2D eigenvalue weighted by Crippen LogP contribution is -2.41. The normalized spacial score (nSPS) is 18.2. The maximum atomic E-state index is 13.5. The van der Waals surface area contributed by atoms with Gasteiger partial charge in [0.2, 0.25) is 5.91 Å². The molecule has 0 bridgehead atoms. The standard InChI is InChI=1S/C22H17F2N3O3S/c1-12-19(28)15(8-14-2-3-16(23)17(24)9-14)21(30)27-11-18(31-22(12)27)20(29)26-10-13-4-6-25-7-5-13/h2-7,9,11,15H,8,10H2,1H3,(H,26,29). The summed E-state index contributed by atoms with van der Waals surface area (Å²) in [5, 5.41) is 3.17. The van der Waals surface area contributed by atoms with Crippen molar-refractivity contribution >= 4 is 29.4 Å². The van der Waals surface area contributed by atoms with Crippen LogP contribution in [0.1, 0.15) is 18.1 Å². The summed E-state index contributed by atoms with van der Waals surface area (Å²) in [5.74, 6) is -4.35. The number of nitrogens with one attached hydrogen (secondary N) is 1. The first-order chi connectivity index (χ1) is 14.8. The molecule has 1 unspecified atom stereocenters. The van der Waals surface area contributed by atoms with E-state index in [4.69, 9.17) is 0 Å². The van der Waals surface area contributed by atoms with E-state index in [1.165, 1.54) is 17.2 Å². The summed E-state index contributed by atoms with van der Waals surface area (Å²) in [6, 6.07) is 6.85. The summed E-state index contributed by atoms with van der Waals surface area (Å²) >= 11 is 1.06. The number of benzene rings is 1. The number of fused-ring (bicyclic) bond motifs is 1. The van der Waals surface area contributed by atoms with Gasteiger partial charge in [0.25, 0.3) is 5.91 Å². The van der Waals surface area contributed by atoms with Crippen molar-refractivity contribution in [2.75, 3.05) is 0 Å². The van der Waals surface area contributed by atoms with Gasteiger partial charge in [-0.2, -0.15) is 0 Å². The minimum Gasteiger partial charge on any atom is -0.347 e. The van der Waals surface area contributed by atoms with Crippen molar-refractivity contribution in [3.05, 3.63) is 87.2 Å². The fraction of sp³-hybridized carbons (Fsp3) is 0.182. The van der Waals surface area contributed by atoms with Gasteiger partial charge in [-0.15, -0.1) is 0 Å². The lowest BCUT2D eigenvalue weighted by molar-refractivity contribution is -0.137. The number of allylic oxidation sites excluding steroid dienone is 1. The maximum absolute atomic E-state index is 13.5. The Bertz CT molecular complexity index is 1150. The number of aromatic nitrogens is 1. The molecule has 2 aliphatic heterocycles. The van der Waals surface area contributed by atoms with Crippen molar-refractivity contribution in [2.24, 2.45) is 5.92 Å². The molecule has 0 aliphatic carbocycles. The van der Waals surface area contributed by atoms with Crippen LogP contribution in [-0.4, -0.2) is 27.5 Å². The van der Waals surface area contributed by atoms with Crippen molar-refractivity contribution in [3.63, 3.8) is 0 Å². The fourth-order valence-corrected chi connectivity index (χ4v) is 4.41. The molecule has 31 heavy (non-hydrogen) atoms. The molecule has 1 aromatic carbocycles. The molecule has 0 saturated heterocycles. The molecule has 6 nitrogen and oxygen atoms in total. The molecular weight excluding hydrogens is 424 g/mol. The van der Waals surface area contributed by atoms with Gasteiger partial charge in [-0.3, -0.25) is 24.3 Å². The average molecular weight is 441 g/mol. The molecule has 0 fully saturated rings. The predicted octanol–water partition coefficient (Wildman–Crippen LogP) is 3.07. The molecule has 1 aromatic heterocycles. The van der Waals surface area contributed by atoms with E-state index in [1.807, 2.05) is 0 Å². The van der Waals surface area contributed by atoms with Gasteiger partial charge in [-0.25, -0.2) is 8.78 Å². The number of ketones is 1. The third-order valence-electron chi connectivity index (χ3n) is 5.06. The molecule has 9 heteroatoms. The first-order valence-corrected chi connectivity index (χ1v) is 10.3. The zero-order valence-electron chi connectivity index (χ0n) is 16.4. The monoisotopic (exact) mass is 441 g/mol. The van der Waals surface area contributed by atoms with E-state index >= 15 is 0 Å². The van der Waals surface area contributed by atoms with Crippen molar-refractivity contribution in [2.45, 2.75) is 19.9 Å². The molecule has 2 amide bonds. The van der Waals surface area contributed by atoms with Gasteiger partial charge in [0.05, 0.1) is 9.93 Å². The summed E-state index contributed by atoms with van der Waals surface area (Å²) in [6.45, 7) is 1.89. The number of thioether (sulfide) groups is 1. The third-order valence-corrected chi connectivity index (χ3v) is 6.27. The van der Waals surface area contributed by atoms with Gasteiger partial charge in [0, 0.05) is 30.7 Å². The lowest BCUT2D eigenvalue weighted by Gasteiger charge is -2.28. The predicted molar refractivity (Wildman–Crippen MR) is 110 cm³/mol. The van der Waals surface area contributed by atoms with Crippen LogP contribution in [0.5, 0.6) is 0 Å². The fourth-order valence-electron chi connectivity index (χ4n) is 3.38. The van der Waals surface area contributed by atoms with Gasteiger partial charge in [0.1, 0.15) is 5.92 Å². The Morgan fingerprint density at radius 1 is 1.13 bits per heavy atom. The highest BCUT2D eigenvalue weighted by molar-refractivity contribution is 8.07. The molecule has 4 rings (SSSR count). The van der Waals surface area contributed by atoms with E-state index in [9.17, 15) is 23.2 Å². The van der Waals surface area contributed by atoms with E-state index in [0.717, 1.165) is 29.5 Å². The Hall–Kier alpha value is -3.33. The van der Waals surface area contributed by atoms with Gasteiger partial charge in [-0.05, 0) is 48.7 Å². The maximum Gasteiger partial charge on any atom is 0.259 e. The minimum absolute atomic E-state index is 0.0575. The largest absolute Gasteiger partial charge is 0.347 e. The van der Waals surface area contributed by atoms with Crippen LogP contribution in [0, 0.1) is 17.6 Å². The molecule has 0 spiro atoms. The van der Waals surface area contributed by atoms with E-state index < -0.39 is 23.5 Å². The summed E-state index contributed by atoms with van der Waals surface area (Å²) in [5.41, 5.74) is 1.57. The Labute approximate surface area is 181 Å². The molecule has 2 aromatic rings. The number of halogens is 2. The number of hydrogen-bond acceptors (Lipinski definition) is 5. The first-order valence-electron chi connectivity index (χ1n) is 9.44. The average Bonchev–Trinajstić information content (AvgIpc) is 3.23. The van der Waals surface area contributed by atoms with Gasteiger partial charge in [0.15, 0.2) is 17.4 Å². The number of amides is 2. The van der Waals surface area contributed by atoms with E-state index in [1.54, 1.807) is 31.5 Å². The Balaban J connectivity index is 1.51. The topological polar surface area (TPSA) is 79.4 Å². The lowest BCUT2D eigenvalue weighted by atomic mass is 9.88. The van der Waals surface area contributed by atoms with Crippen LogP contribution in [0.25, 0.3) is 0 Å². The summed E-state index contributed by atoms with van der Waals surface area (Å²) in [7, 11) is 0. The van der Waals surface area contributed by atoms with Crippen molar-refractivity contribution in [1.29, 1.82) is 0 Å². The van der Waals surface area contributed by atoms with Crippen LogP contribution in [0.2, 0.25) is 0 Å². The number of rotatable bonds is 5. The molecular formula is C22H17F2N3O3S. The summed E-state index contributed by atoms with van der Waals surface area (Å²) in [6.07, 6.45) is 4.60. The zero-order chi connectivity index (χ0) is 22.1. The second kappa shape index (κ2) is 8.43. The number of hydrogen-bond donors (Lipinski definition) is 1. The molecule has 0 radical (unpaired) electrons. The van der Waals surface area contributed by atoms with Gasteiger partial charge >= 0.3 is 0 Å². The molecule has 2 aliphatic rings. The van der Waals surface area contributed by atoms with Crippen molar-refractivity contribution < 1.29 is 23.2 Å². The second-order valence-corrected chi connectivity index (χ2v) is 8.17. The highest BCUT2D eigenvalue weighted by Crippen LogP contribution is 2.43. The molecule has 3 heterocycles. The number of carbonyl (C=O) groups is 3. The van der Waals surface area contributed by atoms with Crippen LogP contribution in [0.3, 0.4) is 0 Å². The van der Waals surface area contributed by atoms with E-state index in [-0.39, 0.29) is 23.0 Å². The van der Waals surface area contributed by atoms with Gasteiger partial charge < -0.3 is 5.32 Å². The van der Waals surface area contributed by atoms with Crippen LogP contribution < -0.4 is 5.32 Å². The Morgan fingerprint density at radius 3 is 2.58 bits per heavy atom. The Kier molecular flexibility index (Phi) is 5.69. The minimum atomic E-state index is -1.07. The van der Waals surface area contributed by atoms with Crippen LogP contribution in [0.15, 0.2) is 64.4 Å². The number of carbonyl (C=O) groups excluding carboxylic acids is 3. The summed E-state index contributed by atoms with van der Waals surface area (Å²) < 4.78 is 26.7. The second-order valence-electron chi connectivity index (χ2n) is 7.14.